The second-order valence-corrected chi connectivity index (χ2v) is 3.03. The predicted molar refractivity (Wildman–Crippen MR) is 52.0 cm³/mol. The number of hydrogen-bond donors (Lipinski definition) is 0. The molecule has 0 unspecified atom stereocenters. The van der Waals surface area contributed by atoms with Crippen LogP contribution in [0.25, 0.3) is 15.9 Å². The van der Waals surface area contributed by atoms with Crippen molar-refractivity contribution in [3.8, 4) is 0 Å². The zero-order valence-corrected chi connectivity index (χ0v) is 8.65. The average Bonchev–Trinajstić information content (AvgIpc) is 2.16. The van der Waals surface area contributed by atoms with Gasteiger partial charge in [-0.1, -0.05) is 0 Å². The lowest BCUT2D eigenvalue weighted by Gasteiger charge is -1.96. The van der Waals surface area contributed by atoms with Crippen LogP contribution in [-0.4, -0.2) is 0 Å². The van der Waals surface area contributed by atoms with Gasteiger partial charge >= 0.3 is 11.3 Å². The lowest BCUT2D eigenvalue weighted by atomic mass is 10.1. The fourth-order valence-corrected chi connectivity index (χ4v) is 1.38. The minimum absolute atomic E-state index is 0. The summed E-state index contributed by atoms with van der Waals surface area (Å²) in [7, 11) is 0. The number of rotatable bonds is 0. The highest BCUT2D eigenvalue weighted by atomic mass is 35.5. The van der Waals surface area contributed by atoms with Crippen LogP contribution in [-0.2, 0) is 0 Å². The number of nitrogens with zero attached hydrogens (tertiary/aromatic N) is 2. The number of aryl methyl sites for hydroxylation is 1. The molecule has 0 radical (unpaired) electrons. The molecule has 0 amide bonds. The van der Waals surface area contributed by atoms with Crippen LogP contribution in [0, 0.1) is 12.3 Å². The van der Waals surface area contributed by atoms with Crippen molar-refractivity contribution in [2.24, 2.45) is 0 Å². The van der Waals surface area contributed by atoms with Gasteiger partial charge in [-0.25, -0.2) is 4.79 Å². The van der Waals surface area contributed by atoms with Crippen LogP contribution < -0.4 is 18.0 Å². The van der Waals surface area contributed by atoms with Crippen LogP contribution >= 0.6 is 0 Å². The molecule has 2 rings (SSSR count). The van der Waals surface area contributed by atoms with Crippen LogP contribution in [0.3, 0.4) is 0 Å². The summed E-state index contributed by atoms with van der Waals surface area (Å²) >= 11 is 0. The van der Waals surface area contributed by atoms with E-state index in [1.807, 2.05) is 6.92 Å². The lowest BCUT2D eigenvalue weighted by Crippen LogP contribution is -3.00. The van der Waals surface area contributed by atoms with E-state index in [0.29, 0.717) is 11.3 Å². The molecule has 0 spiro atoms. The summed E-state index contributed by atoms with van der Waals surface area (Å²) in [5, 5.41) is 9.39. The maximum Gasteiger partial charge on any atom is 0.388 e. The first-order chi connectivity index (χ1) is 6.70. The third-order valence-electron chi connectivity index (χ3n) is 2.05. The summed E-state index contributed by atoms with van der Waals surface area (Å²) in [6.45, 7) is 1.83. The Kier molecular flexibility index (Phi) is 3.08. The van der Waals surface area contributed by atoms with Crippen molar-refractivity contribution < 1.29 is 16.8 Å². The lowest BCUT2D eigenvalue weighted by molar-refractivity contribution is -0.00000367. The number of halogens is 1. The van der Waals surface area contributed by atoms with Gasteiger partial charge in [0.15, 0.2) is 4.98 Å². The van der Waals surface area contributed by atoms with Crippen LogP contribution in [0.1, 0.15) is 5.56 Å². The molecule has 5 heteroatoms. The molecule has 0 aliphatic heterocycles. The Bertz CT molecular complexity index is 598. The molecule has 1 aromatic carbocycles. The standard InChI is InChI=1S/C10H7N2O2.ClH/c1-6-4-10(13)14-9-5-7(12-11)2-3-8(6)9;/h2-5H,1H3;1H/q+1;/p-1. The van der Waals surface area contributed by atoms with Crippen molar-refractivity contribution in [1.29, 1.82) is 5.39 Å². The maximum absolute atomic E-state index is 11.0. The van der Waals surface area contributed by atoms with Gasteiger partial charge in [-0.2, -0.15) is 0 Å². The van der Waals surface area contributed by atoms with Gasteiger partial charge in [-0.15, -0.1) is 0 Å². The van der Waals surface area contributed by atoms with Gasteiger partial charge in [-0.3, -0.25) is 0 Å². The molecule has 0 N–H and O–H groups in total. The molecule has 1 heterocycles. The second kappa shape index (κ2) is 4.11. The first kappa shape index (κ1) is 11.2. The third kappa shape index (κ3) is 1.97. The van der Waals surface area contributed by atoms with Crippen molar-refractivity contribution in [2.45, 2.75) is 6.92 Å². The van der Waals surface area contributed by atoms with E-state index in [-0.39, 0.29) is 12.4 Å². The Morgan fingerprint density at radius 3 is 2.73 bits per heavy atom. The first-order valence-electron chi connectivity index (χ1n) is 4.10. The minimum atomic E-state index is -0.398. The highest BCUT2D eigenvalue weighted by molar-refractivity contribution is 5.83. The first-order valence-corrected chi connectivity index (χ1v) is 4.10. The van der Waals surface area contributed by atoms with Crippen LogP contribution in [0.4, 0.5) is 5.69 Å². The highest BCUT2D eigenvalue weighted by Crippen LogP contribution is 2.22. The molecule has 4 nitrogen and oxygen atoms in total. The highest BCUT2D eigenvalue weighted by Gasteiger charge is 2.08. The Balaban J connectivity index is 0.00000112. The SMILES string of the molecule is Cc1cc(=O)oc2cc([N+]#N)ccc12.[Cl-]. The van der Waals surface area contributed by atoms with E-state index in [1.54, 1.807) is 12.1 Å². The number of diazo groups is 1. The summed E-state index contributed by atoms with van der Waals surface area (Å²) in [6.07, 6.45) is 0. The second-order valence-electron chi connectivity index (χ2n) is 3.03. The molecule has 0 saturated carbocycles. The molecule has 15 heavy (non-hydrogen) atoms. The van der Waals surface area contributed by atoms with Crippen LogP contribution in [0.2, 0.25) is 0 Å². The van der Waals surface area contributed by atoms with Gasteiger partial charge in [0.2, 0.25) is 5.39 Å². The fourth-order valence-electron chi connectivity index (χ4n) is 1.38. The third-order valence-corrected chi connectivity index (χ3v) is 2.05. The maximum atomic E-state index is 11.0. The summed E-state index contributed by atoms with van der Waals surface area (Å²) in [6, 6.07) is 6.35. The summed E-state index contributed by atoms with van der Waals surface area (Å²) in [5.41, 5.74) is 1.25. The van der Waals surface area contributed by atoms with Crippen molar-refractivity contribution in [1.82, 2.24) is 0 Å². The van der Waals surface area contributed by atoms with Gasteiger partial charge in [0.05, 0.1) is 6.07 Å². The van der Waals surface area contributed by atoms with Crippen LogP contribution in [0.15, 0.2) is 33.5 Å². The van der Waals surface area contributed by atoms with E-state index in [0.717, 1.165) is 10.9 Å². The summed E-state index contributed by atoms with van der Waals surface area (Å²) in [4.78, 5) is 14.1. The molecule has 0 atom stereocenters. The molecule has 2 aromatic rings. The predicted octanol–water partition coefficient (Wildman–Crippen LogP) is -0.410. The fraction of sp³-hybridized carbons (Fsp3) is 0.100. The van der Waals surface area contributed by atoms with Gasteiger partial charge in [0, 0.05) is 17.5 Å². The average molecular weight is 223 g/mol. The topological polar surface area (TPSA) is 58.4 Å². The number of benzene rings is 1. The van der Waals surface area contributed by atoms with E-state index in [9.17, 15) is 4.79 Å². The number of hydrogen-bond acceptors (Lipinski definition) is 3. The van der Waals surface area contributed by atoms with E-state index in [2.05, 4.69) is 4.98 Å². The van der Waals surface area contributed by atoms with E-state index in [1.165, 1.54) is 12.1 Å². The van der Waals surface area contributed by atoms with Crippen molar-refractivity contribution in [3.05, 3.63) is 45.2 Å². The van der Waals surface area contributed by atoms with Crippen molar-refractivity contribution >= 4 is 16.7 Å². The van der Waals surface area contributed by atoms with Crippen LogP contribution in [0.5, 0.6) is 0 Å². The van der Waals surface area contributed by atoms with Gasteiger partial charge in [0.25, 0.3) is 0 Å². The van der Waals surface area contributed by atoms with Crippen molar-refractivity contribution in [2.75, 3.05) is 0 Å². The number of fused-ring (bicyclic) bond motifs is 1. The summed E-state index contributed by atoms with van der Waals surface area (Å²) in [5.74, 6) is 0. The molecule has 0 fully saturated rings. The molecule has 76 valence electrons. The normalized spacial score (nSPS) is 9.33. The van der Waals surface area contributed by atoms with E-state index in [4.69, 9.17) is 9.81 Å². The van der Waals surface area contributed by atoms with Gasteiger partial charge in [0.1, 0.15) is 5.58 Å². The zero-order valence-electron chi connectivity index (χ0n) is 7.90. The Labute approximate surface area is 91.6 Å². The zero-order chi connectivity index (χ0) is 10.1. The Hall–Kier alpha value is -1.86. The monoisotopic (exact) mass is 222 g/mol. The van der Waals surface area contributed by atoms with Gasteiger partial charge in [-0.05, 0) is 18.6 Å². The molecule has 1 aromatic heterocycles. The smallest absolute Gasteiger partial charge is 0.388 e. The van der Waals surface area contributed by atoms with Crippen molar-refractivity contribution in [3.63, 3.8) is 0 Å². The quantitative estimate of drug-likeness (QED) is 0.450. The van der Waals surface area contributed by atoms with E-state index < -0.39 is 5.63 Å². The van der Waals surface area contributed by atoms with E-state index >= 15 is 0 Å². The minimum Gasteiger partial charge on any atom is -1.00 e. The molecule has 0 bridgehead atoms. The van der Waals surface area contributed by atoms with Gasteiger partial charge < -0.3 is 16.8 Å². The molecule has 0 aliphatic carbocycles. The largest absolute Gasteiger partial charge is 1.00 e. The summed E-state index contributed by atoms with van der Waals surface area (Å²) < 4.78 is 4.96. The Morgan fingerprint density at radius 1 is 1.33 bits per heavy atom. The molecule has 0 aliphatic rings. The molecular weight excluding hydrogens is 216 g/mol. The molecule has 0 saturated heterocycles. The molecular formula is C10H7ClN2O2. The Morgan fingerprint density at radius 2 is 2.07 bits per heavy atom.